The lowest BCUT2D eigenvalue weighted by Crippen LogP contribution is -2.58. The number of hydrogen-bond acceptors (Lipinski definition) is 8. The summed E-state index contributed by atoms with van der Waals surface area (Å²) in [4.78, 5) is 47.5. The van der Waals surface area contributed by atoms with Crippen molar-refractivity contribution in [2.24, 2.45) is 0 Å². The minimum absolute atomic E-state index is 0.0446. The molecule has 4 heterocycles. The van der Waals surface area contributed by atoms with Crippen LogP contribution in [0.3, 0.4) is 0 Å². The molecule has 0 bridgehead atoms. The first-order valence-electron chi connectivity index (χ1n) is 14.0. The number of carbonyl (C=O) groups excluding carboxylic acids is 3. The lowest BCUT2D eigenvalue weighted by Gasteiger charge is -2.42. The predicted molar refractivity (Wildman–Crippen MR) is 152 cm³/mol. The van der Waals surface area contributed by atoms with Crippen molar-refractivity contribution in [2.75, 3.05) is 27.2 Å². The van der Waals surface area contributed by atoms with E-state index < -0.39 is 36.1 Å². The molecule has 0 saturated carbocycles. The van der Waals surface area contributed by atoms with Crippen molar-refractivity contribution in [2.45, 2.75) is 31.2 Å². The van der Waals surface area contributed by atoms with Crippen molar-refractivity contribution >= 4 is 28.9 Å². The molecule has 3 atom stereocenters. The third kappa shape index (κ3) is 4.71. The minimum Gasteiger partial charge on any atom is -0.467 e. The van der Waals surface area contributed by atoms with Crippen molar-refractivity contribution in [3.8, 4) is 11.5 Å². The third-order valence-electron chi connectivity index (χ3n) is 8.18. The molecular weight excluding hydrogens is 554 g/mol. The zero-order valence-corrected chi connectivity index (χ0v) is 23.4. The Kier molecular flexibility index (Phi) is 6.86. The summed E-state index contributed by atoms with van der Waals surface area (Å²) in [7, 11) is 1.30. The molecule has 1 fully saturated rings. The number of benzene rings is 3. The summed E-state index contributed by atoms with van der Waals surface area (Å²) in [6.07, 6.45) is -0.456. The topological polar surface area (TPSA) is 120 Å². The van der Waals surface area contributed by atoms with Gasteiger partial charge in [-0.3, -0.25) is 9.69 Å². The monoisotopic (exact) mass is 583 g/mol. The SMILES string of the molecule is COC(=O)[C@H]1Cc2c([nH]c3ccccc23)[C@@H](c2ccc3c(c2)OCO3)N1C(=O)[C@H]1COCN1C(=O)OCc1ccccc1. The average Bonchev–Trinajstić information content (AvgIpc) is 3.81. The van der Waals surface area contributed by atoms with Crippen LogP contribution in [0.2, 0.25) is 0 Å². The Labute approximate surface area is 246 Å². The Morgan fingerprint density at radius 2 is 1.74 bits per heavy atom. The van der Waals surface area contributed by atoms with Gasteiger partial charge in [0.25, 0.3) is 0 Å². The van der Waals surface area contributed by atoms with Gasteiger partial charge in [0.2, 0.25) is 12.7 Å². The molecule has 0 unspecified atom stereocenters. The van der Waals surface area contributed by atoms with Crippen LogP contribution >= 0.6 is 0 Å². The number of carbonyl (C=O) groups is 3. The number of rotatable bonds is 5. The minimum atomic E-state index is -1.02. The number of esters is 1. The number of fused-ring (bicyclic) bond motifs is 4. The molecule has 2 amide bonds. The fraction of sp³-hybridized carbons (Fsp3) is 0.281. The highest BCUT2D eigenvalue weighted by molar-refractivity contribution is 5.94. The quantitative estimate of drug-likeness (QED) is 0.352. The molecule has 220 valence electrons. The number of amides is 2. The summed E-state index contributed by atoms with van der Waals surface area (Å²) >= 11 is 0. The molecule has 3 aromatic carbocycles. The van der Waals surface area contributed by atoms with E-state index in [2.05, 4.69) is 4.98 Å². The van der Waals surface area contributed by atoms with Crippen LogP contribution in [0.4, 0.5) is 4.79 Å². The Balaban J connectivity index is 1.29. The number of para-hydroxylation sites is 1. The second kappa shape index (κ2) is 11.0. The van der Waals surface area contributed by atoms with Gasteiger partial charge < -0.3 is 33.6 Å². The molecule has 4 aromatic rings. The number of aromatic nitrogens is 1. The van der Waals surface area contributed by atoms with Crippen molar-refractivity contribution in [3.63, 3.8) is 0 Å². The van der Waals surface area contributed by atoms with Crippen LogP contribution in [-0.2, 0) is 36.8 Å². The maximum absolute atomic E-state index is 14.6. The van der Waals surface area contributed by atoms with E-state index in [4.69, 9.17) is 23.7 Å². The normalized spacial score (nSPS) is 20.6. The van der Waals surface area contributed by atoms with E-state index in [1.807, 2.05) is 66.7 Å². The molecule has 3 aliphatic rings. The van der Waals surface area contributed by atoms with Crippen LogP contribution in [0.25, 0.3) is 10.9 Å². The smallest absolute Gasteiger partial charge is 0.412 e. The zero-order valence-electron chi connectivity index (χ0n) is 23.4. The molecule has 7 rings (SSSR count). The molecule has 0 aliphatic carbocycles. The van der Waals surface area contributed by atoms with E-state index >= 15 is 0 Å². The Hall–Kier alpha value is -5.03. The summed E-state index contributed by atoms with van der Waals surface area (Å²) < 4.78 is 27.6. The summed E-state index contributed by atoms with van der Waals surface area (Å²) in [5.74, 6) is 0.108. The summed E-state index contributed by atoms with van der Waals surface area (Å²) in [5.41, 5.74) is 4.09. The summed E-state index contributed by atoms with van der Waals surface area (Å²) in [6.45, 7) is -0.0258. The highest BCUT2D eigenvalue weighted by atomic mass is 16.7. The molecule has 3 aliphatic heterocycles. The first-order valence-corrected chi connectivity index (χ1v) is 14.0. The van der Waals surface area contributed by atoms with Crippen molar-refractivity contribution < 1.29 is 38.1 Å². The van der Waals surface area contributed by atoms with Crippen molar-refractivity contribution in [3.05, 3.63) is 95.2 Å². The van der Waals surface area contributed by atoms with E-state index in [0.29, 0.717) is 17.1 Å². The van der Waals surface area contributed by atoms with Crippen LogP contribution in [0.1, 0.15) is 28.4 Å². The van der Waals surface area contributed by atoms with Crippen LogP contribution < -0.4 is 9.47 Å². The Morgan fingerprint density at radius 3 is 2.58 bits per heavy atom. The lowest BCUT2D eigenvalue weighted by molar-refractivity contribution is -0.156. The highest BCUT2D eigenvalue weighted by Crippen LogP contribution is 2.44. The van der Waals surface area contributed by atoms with Gasteiger partial charge in [-0.1, -0.05) is 54.6 Å². The van der Waals surface area contributed by atoms with Gasteiger partial charge in [0, 0.05) is 23.0 Å². The molecular formula is C32H29N3O8. The van der Waals surface area contributed by atoms with Gasteiger partial charge in [-0.25, -0.2) is 9.59 Å². The number of H-pyrrole nitrogens is 1. The van der Waals surface area contributed by atoms with E-state index in [1.54, 1.807) is 6.07 Å². The van der Waals surface area contributed by atoms with Crippen LogP contribution in [0.5, 0.6) is 11.5 Å². The van der Waals surface area contributed by atoms with Gasteiger partial charge in [-0.2, -0.15) is 0 Å². The van der Waals surface area contributed by atoms with Gasteiger partial charge >= 0.3 is 12.1 Å². The number of nitrogens with zero attached hydrogens (tertiary/aromatic N) is 2. The van der Waals surface area contributed by atoms with Gasteiger partial charge in [0.15, 0.2) is 11.5 Å². The molecule has 1 N–H and O–H groups in total. The van der Waals surface area contributed by atoms with E-state index in [1.165, 1.54) is 16.9 Å². The summed E-state index contributed by atoms with van der Waals surface area (Å²) in [5, 5.41) is 0.958. The second-order valence-electron chi connectivity index (χ2n) is 10.6. The Morgan fingerprint density at radius 1 is 0.953 bits per heavy atom. The standard InChI is InChI=1S/C32H29N3O8/c1-39-31(37)24-14-22-21-9-5-6-10-23(21)33-28(22)29(20-11-12-26-27(13-20)43-18-42-26)35(24)30(36)25-16-40-17-34(25)32(38)41-15-19-7-3-2-4-8-19/h2-13,24-25,29,33H,14-18H2,1H3/t24-,25-,29-/m1/s1. The molecule has 11 nitrogen and oxygen atoms in total. The van der Waals surface area contributed by atoms with Gasteiger partial charge in [0.05, 0.1) is 19.8 Å². The van der Waals surface area contributed by atoms with E-state index in [0.717, 1.165) is 27.7 Å². The predicted octanol–water partition coefficient (Wildman–Crippen LogP) is 3.91. The van der Waals surface area contributed by atoms with Crippen LogP contribution in [0, 0.1) is 0 Å². The van der Waals surface area contributed by atoms with Crippen LogP contribution in [-0.4, -0.2) is 72.1 Å². The summed E-state index contributed by atoms with van der Waals surface area (Å²) in [6, 6.07) is 19.8. The molecule has 43 heavy (non-hydrogen) atoms. The van der Waals surface area contributed by atoms with Gasteiger partial charge in [0.1, 0.15) is 25.4 Å². The maximum Gasteiger partial charge on any atom is 0.412 e. The lowest BCUT2D eigenvalue weighted by atomic mass is 9.87. The first-order chi connectivity index (χ1) is 21.0. The number of hydrogen-bond donors (Lipinski definition) is 1. The van der Waals surface area contributed by atoms with E-state index in [9.17, 15) is 14.4 Å². The molecule has 0 spiro atoms. The molecule has 1 saturated heterocycles. The largest absolute Gasteiger partial charge is 0.467 e. The number of nitrogens with one attached hydrogen (secondary N) is 1. The van der Waals surface area contributed by atoms with Gasteiger partial charge in [-0.15, -0.1) is 0 Å². The Bertz CT molecular complexity index is 1700. The van der Waals surface area contributed by atoms with Crippen molar-refractivity contribution in [1.82, 2.24) is 14.8 Å². The number of aromatic amines is 1. The second-order valence-corrected chi connectivity index (χ2v) is 10.6. The van der Waals surface area contributed by atoms with Gasteiger partial charge in [-0.05, 0) is 34.9 Å². The molecule has 1 aromatic heterocycles. The number of ether oxygens (including phenoxy) is 5. The number of methoxy groups -OCH3 is 1. The fourth-order valence-corrected chi connectivity index (χ4v) is 6.11. The van der Waals surface area contributed by atoms with Crippen LogP contribution in [0.15, 0.2) is 72.8 Å². The fourth-order valence-electron chi connectivity index (χ4n) is 6.11. The van der Waals surface area contributed by atoms with E-state index in [-0.39, 0.29) is 33.2 Å². The molecule has 0 radical (unpaired) electrons. The molecule has 11 heteroatoms. The maximum atomic E-state index is 14.6. The first kappa shape index (κ1) is 26.8. The highest BCUT2D eigenvalue weighted by Gasteiger charge is 2.49. The average molecular weight is 584 g/mol. The van der Waals surface area contributed by atoms with Crippen molar-refractivity contribution in [1.29, 1.82) is 0 Å². The zero-order chi connectivity index (χ0) is 29.5. The third-order valence-corrected chi connectivity index (χ3v) is 8.18.